The van der Waals surface area contributed by atoms with Gasteiger partial charge in [-0.2, -0.15) is 0 Å². The highest BCUT2D eigenvalue weighted by molar-refractivity contribution is 5.95. The molecule has 11 N–H and O–H groups in total. The SMILES string of the molecule is NC(=O)CCC(NC(=O)C(CCC(=O)O)NC(=O)C(N)CC(=O)O)C(=O)NC(CC(=O)O)C(=O)O. The van der Waals surface area contributed by atoms with Gasteiger partial charge in [-0.1, -0.05) is 0 Å². The van der Waals surface area contributed by atoms with E-state index >= 15 is 0 Å². The fourth-order valence-corrected chi connectivity index (χ4v) is 2.57. The fraction of sp³-hybridized carbons (Fsp3) is 0.556. The Balaban J connectivity index is 5.67. The Hall–Kier alpha value is -4.28. The molecule has 0 aromatic heterocycles. The molecule has 0 saturated carbocycles. The van der Waals surface area contributed by atoms with Crippen molar-refractivity contribution < 1.29 is 58.8 Å². The molecule has 0 bridgehead atoms. The third-order valence-electron chi connectivity index (χ3n) is 4.32. The minimum Gasteiger partial charge on any atom is -0.481 e. The van der Waals surface area contributed by atoms with Crippen LogP contribution in [0.2, 0.25) is 0 Å². The van der Waals surface area contributed by atoms with E-state index in [9.17, 15) is 38.4 Å². The van der Waals surface area contributed by atoms with Crippen molar-refractivity contribution in [1.29, 1.82) is 0 Å². The topological polar surface area (TPSA) is 306 Å². The smallest absolute Gasteiger partial charge is 0.326 e. The molecule has 4 unspecified atom stereocenters. The van der Waals surface area contributed by atoms with Gasteiger partial charge in [-0.15, -0.1) is 0 Å². The van der Waals surface area contributed by atoms with E-state index in [4.69, 9.17) is 31.9 Å². The van der Waals surface area contributed by atoms with Gasteiger partial charge in [0.05, 0.1) is 18.9 Å². The van der Waals surface area contributed by atoms with Gasteiger partial charge in [-0.25, -0.2) is 4.79 Å². The number of aliphatic carboxylic acids is 4. The zero-order chi connectivity index (χ0) is 27.3. The third-order valence-corrected chi connectivity index (χ3v) is 4.32. The number of carbonyl (C=O) groups is 8. The molecule has 0 aromatic carbocycles. The summed E-state index contributed by atoms with van der Waals surface area (Å²) in [7, 11) is 0. The predicted molar refractivity (Wildman–Crippen MR) is 111 cm³/mol. The van der Waals surface area contributed by atoms with Crippen LogP contribution in [-0.4, -0.2) is 92.1 Å². The molecule has 196 valence electrons. The predicted octanol–water partition coefficient (Wildman–Crippen LogP) is -4.07. The van der Waals surface area contributed by atoms with Crippen molar-refractivity contribution >= 4 is 47.5 Å². The van der Waals surface area contributed by atoms with E-state index in [2.05, 4.69) is 10.6 Å². The first-order valence-electron chi connectivity index (χ1n) is 9.97. The Morgan fingerprint density at radius 2 is 1.03 bits per heavy atom. The van der Waals surface area contributed by atoms with Crippen molar-refractivity contribution in [2.75, 3.05) is 0 Å². The number of carboxylic acid groups (broad SMARTS) is 4. The lowest BCUT2D eigenvalue weighted by Gasteiger charge is -2.24. The molecule has 0 saturated heterocycles. The third kappa shape index (κ3) is 13.1. The van der Waals surface area contributed by atoms with Gasteiger partial charge in [0.1, 0.15) is 18.1 Å². The lowest BCUT2D eigenvalue weighted by molar-refractivity contribution is -0.147. The standard InChI is InChI=1S/C18H27N5O12/c19-7(5-13(27)28)15(31)21-9(2-4-12(25)26)16(32)22-8(1-3-11(20)24)17(33)23-10(18(34)35)6-14(29)30/h7-10H,1-6,19H2,(H2,20,24)(H,21,31)(H,22,32)(H,23,33)(H,25,26)(H,27,28)(H,29,30)(H,34,35). The lowest BCUT2D eigenvalue weighted by atomic mass is 10.1. The van der Waals surface area contributed by atoms with Crippen molar-refractivity contribution in [3.05, 3.63) is 0 Å². The second kappa shape index (κ2) is 14.8. The molecular formula is C18H27N5O12. The highest BCUT2D eigenvalue weighted by Gasteiger charge is 2.31. The van der Waals surface area contributed by atoms with E-state index in [1.165, 1.54) is 0 Å². The van der Waals surface area contributed by atoms with Crippen molar-refractivity contribution in [3.63, 3.8) is 0 Å². The average molecular weight is 505 g/mol. The van der Waals surface area contributed by atoms with Gasteiger partial charge in [-0.3, -0.25) is 33.6 Å². The molecule has 0 aliphatic rings. The number of nitrogens with one attached hydrogen (secondary N) is 3. The van der Waals surface area contributed by atoms with E-state index in [1.807, 2.05) is 5.32 Å². The molecule has 0 radical (unpaired) electrons. The van der Waals surface area contributed by atoms with Crippen LogP contribution in [0.1, 0.15) is 38.5 Å². The largest absolute Gasteiger partial charge is 0.481 e. The van der Waals surface area contributed by atoms with Gasteiger partial charge in [0.15, 0.2) is 0 Å². The maximum absolute atomic E-state index is 12.7. The number of primary amides is 1. The first-order valence-corrected chi connectivity index (χ1v) is 9.97. The summed E-state index contributed by atoms with van der Waals surface area (Å²) in [4.78, 5) is 92.1. The lowest BCUT2D eigenvalue weighted by Crippen LogP contribution is -2.57. The van der Waals surface area contributed by atoms with Gasteiger partial charge in [0.25, 0.3) is 0 Å². The highest BCUT2D eigenvalue weighted by atomic mass is 16.4. The number of hydrogen-bond acceptors (Lipinski definition) is 9. The zero-order valence-electron chi connectivity index (χ0n) is 18.3. The molecule has 35 heavy (non-hydrogen) atoms. The van der Waals surface area contributed by atoms with Crippen LogP contribution in [0.4, 0.5) is 0 Å². The van der Waals surface area contributed by atoms with Crippen LogP contribution in [0.15, 0.2) is 0 Å². The Bertz CT molecular complexity index is 861. The summed E-state index contributed by atoms with van der Waals surface area (Å²) in [5.41, 5.74) is 10.4. The number of carboxylic acids is 4. The molecule has 0 fully saturated rings. The molecular weight excluding hydrogens is 478 g/mol. The maximum Gasteiger partial charge on any atom is 0.326 e. The molecule has 4 amide bonds. The summed E-state index contributed by atoms with van der Waals surface area (Å²) in [6.07, 6.45) is -3.87. The molecule has 0 aliphatic heterocycles. The first-order chi connectivity index (χ1) is 16.1. The first kappa shape index (κ1) is 30.7. The molecule has 0 aromatic rings. The molecule has 17 nitrogen and oxygen atoms in total. The quantitative estimate of drug-likeness (QED) is 0.0909. The summed E-state index contributed by atoms with van der Waals surface area (Å²) in [5, 5.41) is 41.6. The number of rotatable bonds is 17. The minimum absolute atomic E-state index is 0.454. The molecule has 0 heterocycles. The van der Waals surface area contributed by atoms with Crippen molar-refractivity contribution in [1.82, 2.24) is 16.0 Å². The van der Waals surface area contributed by atoms with E-state index in [1.54, 1.807) is 0 Å². The molecule has 0 rings (SSSR count). The number of nitrogens with two attached hydrogens (primary N) is 2. The van der Waals surface area contributed by atoms with Crippen molar-refractivity contribution in [2.45, 2.75) is 62.7 Å². The van der Waals surface area contributed by atoms with Crippen LogP contribution >= 0.6 is 0 Å². The average Bonchev–Trinajstić information content (AvgIpc) is 2.71. The number of hydrogen-bond donors (Lipinski definition) is 9. The van der Waals surface area contributed by atoms with Gasteiger partial charge in [0, 0.05) is 12.8 Å². The van der Waals surface area contributed by atoms with E-state index in [0.29, 0.717) is 0 Å². The van der Waals surface area contributed by atoms with Crippen LogP contribution in [-0.2, 0) is 38.4 Å². The van der Waals surface area contributed by atoms with Crippen LogP contribution < -0.4 is 27.4 Å². The Labute approximate surface area is 197 Å². The zero-order valence-corrected chi connectivity index (χ0v) is 18.3. The second-order valence-electron chi connectivity index (χ2n) is 7.26. The normalized spacial score (nSPS) is 13.9. The van der Waals surface area contributed by atoms with Gasteiger partial charge >= 0.3 is 23.9 Å². The monoisotopic (exact) mass is 505 g/mol. The Morgan fingerprint density at radius 1 is 0.600 bits per heavy atom. The van der Waals surface area contributed by atoms with E-state index in [-0.39, 0.29) is 0 Å². The van der Waals surface area contributed by atoms with Gasteiger partial charge in [0.2, 0.25) is 23.6 Å². The van der Waals surface area contributed by atoms with Gasteiger partial charge < -0.3 is 47.8 Å². The summed E-state index contributed by atoms with van der Waals surface area (Å²) >= 11 is 0. The van der Waals surface area contributed by atoms with Crippen molar-refractivity contribution in [3.8, 4) is 0 Å². The summed E-state index contributed by atoms with van der Waals surface area (Å²) in [6, 6.07) is -6.72. The van der Waals surface area contributed by atoms with Crippen LogP contribution in [0.5, 0.6) is 0 Å². The number of amides is 4. The maximum atomic E-state index is 12.7. The molecule has 0 spiro atoms. The summed E-state index contributed by atoms with van der Waals surface area (Å²) in [6.45, 7) is 0. The van der Waals surface area contributed by atoms with Gasteiger partial charge in [-0.05, 0) is 12.8 Å². The van der Waals surface area contributed by atoms with Crippen LogP contribution in [0.3, 0.4) is 0 Å². The molecule has 0 aliphatic carbocycles. The van der Waals surface area contributed by atoms with Crippen LogP contribution in [0, 0.1) is 0 Å². The summed E-state index contributed by atoms with van der Waals surface area (Å²) < 4.78 is 0. The van der Waals surface area contributed by atoms with Crippen LogP contribution in [0.25, 0.3) is 0 Å². The Kier molecular flexibility index (Phi) is 13.0. The minimum atomic E-state index is -1.88. The fourth-order valence-electron chi connectivity index (χ4n) is 2.57. The van der Waals surface area contributed by atoms with Crippen molar-refractivity contribution in [2.24, 2.45) is 11.5 Å². The van der Waals surface area contributed by atoms with E-state index < -0.39 is 110 Å². The second-order valence-corrected chi connectivity index (χ2v) is 7.26. The highest BCUT2D eigenvalue weighted by Crippen LogP contribution is 2.05. The summed E-state index contributed by atoms with van der Waals surface area (Å²) in [5.74, 6) is -10.4. The molecule has 17 heteroatoms. The van der Waals surface area contributed by atoms with E-state index in [0.717, 1.165) is 0 Å². The number of carbonyl (C=O) groups excluding carboxylic acids is 4. The molecule has 4 atom stereocenters. The Morgan fingerprint density at radius 3 is 1.43 bits per heavy atom.